The number of fused-ring (bicyclic) bond motifs is 2. The molecule has 3 heterocycles. The first kappa shape index (κ1) is 33.9. The van der Waals surface area contributed by atoms with Crippen molar-refractivity contribution in [3.63, 3.8) is 0 Å². The number of hydrogen-bond donors (Lipinski definition) is 1. The Balaban J connectivity index is 1.16. The van der Waals surface area contributed by atoms with Gasteiger partial charge in [-0.15, -0.1) is 0 Å². The molecule has 4 fully saturated rings. The molecule has 2 aliphatic carbocycles. The molecular weight excluding hydrogens is 580 g/mol. The second-order valence-corrected chi connectivity index (χ2v) is 15.2. The average molecular weight is 629 g/mol. The van der Waals surface area contributed by atoms with Gasteiger partial charge >= 0.3 is 11.9 Å². The van der Waals surface area contributed by atoms with Crippen molar-refractivity contribution in [2.45, 2.75) is 123 Å². The molecule has 0 radical (unpaired) electrons. The van der Waals surface area contributed by atoms with Gasteiger partial charge in [0.15, 0.2) is 5.60 Å². The standard InChI is InChI=1S/C39H48O7/c1-26(16-18-38-35(6,7)24-32(43-28(3)40)25-37(38,9)46-38)14-12-10-11-13-15-27(2)20-31-21-29(33(42)44-31)17-19-39-34(4,5)22-30(41)23-36(39,8)45-39/h10-15,17,19-21,30,32,41H,22-25H2,1-9H3/b12-10+,13-11+,19-17+,26-14+,27-15+,31-20-/t30-,32-,36+,37+,38-,39-/m0/s1. The minimum Gasteiger partial charge on any atom is -0.462 e. The van der Waals surface area contributed by atoms with E-state index < -0.39 is 22.4 Å². The van der Waals surface area contributed by atoms with Gasteiger partial charge in [0.05, 0.1) is 11.7 Å². The molecule has 0 aromatic rings. The Morgan fingerprint density at radius 2 is 1.61 bits per heavy atom. The van der Waals surface area contributed by atoms with E-state index in [0.29, 0.717) is 37.0 Å². The lowest BCUT2D eigenvalue weighted by atomic mass is 9.63. The number of aliphatic hydroxyl groups excluding tert-OH is 1. The summed E-state index contributed by atoms with van der Waals surface area (Å²) in [6.45, 7) is 17.9. The molecule has 0 aromatic carbocycles. The van der Waals surface area contributed by atoms with E-state index >= 15 is 0 Å². The lowest BCUT2D eigenvalue weighted by Crippen LogP contribution is -2.47. The Labute approximate surface area is 273 Å². The third kappa shape index (κ3) is 6.15. The number of carbonyl (C=O) groups is 2. The average Bonchev–Trinajstić information content (AvgIpc) is 3.69. The van der Waals surface area contributed by atoms with Crippen LogP contribution in [0.15, 0.2) is 83.2 Å². The van der Waals surface area contributed by atoms with Crippen molar-refractivity contribution in [3.05, 3.63) is 83.2 Å². The van der Waals surface area contributed by atoms with Crippen LogP contribution in [0, 0.1) is 22.7 Å². The zero-order chi connectivity index (χ0) is 33.8. The molecule has 7 heteroatoms. The predicted molar refractivity (Wildman–Crippen MR) is 177 cm³/mol. The largest absolute Gasteiger partial charge is 0.462 e. The number of epoxide rings is 2. The topological polar surface area (TPSA) is 97.9 Å². The van der Waals surface area contributed by atoms with Crippen molar-refractivity contribution >= 4 is 11.9 Å². The van der Waals surface area contributed by atoms with Gasteiger partial charge in [-0.25, -0.2) is 4.79 Å². The molecule has 0 bridgehead atoms. The van der Waals surface area contributed by atoms with Crippen molar-refractivity contribution in [1.29, 1.82) is 0 Å². The zero-order valence-electron chi connectivity index (χ0n) is 28.7. The number of rotatable bonds is 7. The van der Waals surface area contributed by atoms with E-state index in [9.17, 15) is 14.7 Å². The first-order chi connectivity index (χ1) is 21.4. The van der Waals surface area contributed by atoms with Gasteiger partial charge in [0.2, 0.25) is 0 Å². The van der Waals surface area contributed by atoms with Crippen molar-refractivity contribution in [2.75, 3.05) is 0 Å². The number of hydrogen-bond acceptors (Lipinski definition) is 7. The fraction of sp³-hybridized carbons (Fsp3) is 0.538. The first-order valence-electron chi connectivity index (χ1n) is 16.2. The molecule has 2 saturated carbocycles. The predicted octanol–water partition coefficient (Wildman–Crippen LogP) is 6.91. The van der Waals surface area contributed by atoms with Gasteiger partial charge in [-0.05, 0) is 76.0 Å². The van der Waals surface area contributed by atoms with E-state index in [0.717, 1.165) is 11.1 Å². The smallest absolute Gasteiger partial charge is 0.343 e. The Morgan fingerprint density at radius 3 is 2.26 bits per heavy atom. The molecule has 0 amide bonds. The molecule has 5 aliphatic rings. The minimum absolute atomic E-state index is 0.153. The highest BCUT2D eigenvalue weighted by molar-refractivity contribution is 5.95. The fourth-order valence-corrected chi connectivity index (χ4v) is 8.13. The molecule has 5 rings (SSSR count). The van der Waals surface area contributed by atoms with E-state index in [1.54, 1.807) is 12.2 Å². The molecule has 3 aliphatic heterocycles. The van der Waals surface area contributed by atoms with E-state index in [2.05, 4.69) is 46.5 Å². The van der Waals surface area contributed by atoms with Crippen molar-refractivity contribution in [1.82, 2.24) is 0 Å². The van der Waals surface area contributed by atoms with Gasteiger partial charge in [-0.1, -0.05) is 76.0 Å². The van der Waals surface area contributed by atoms with Crippen LogP contribution in [0.25, 0.3) is 0 Å². The molecule has 0 aromatic heterocycles. The number of cyclic esters (lactones) is 1. The van der Waals surface area contributed by atoms with E-state index in [-0.39, 0.29) is 35.0 Å². The maximum absolute atomic E-state index is 12.5. The van der Waals surface area contributed by atoms with Crippen LogP contribution in [0.3, 0.4) is 0 Å². The Morgan fingerprint density at radius 1 is 0.913 bits per heavy atom. The summed E-state index contributed by atoms with van der Waals surface area (Å²) < 4.78 is 23.4. The second-order valence-electron chi connectivity index (χ2n) is 15.2. The number of ether oxygens (including phenoxy) is 4. The maximum atomic E-state index is 12.5. The van der Waals surface area contributed by atoms with E-state index in [1.807, 2.05) is 69.4 Å². The third-order valence-corrected chi connectivity index (χ3v) is 10.3. The summed E-state index contributed by atoms with van der Waals surface area (Å²) in [4.78, 5) is 24.0. The number of allylic oxidation sites excluding steroid dienone is 10. The van der Waals surface area contributed by atoms with Gasteiger partial charge in [-0.2, -0.15) is 0 Å². The van der Waals surface area contributed by atoms with Crippen molar-refractivity contribution in [2.24, 2.45) is 10.8 Å². The number of carbonyl (C=O) groups excluding carboxylic acids is 2. The summed E-state index contributed by atoms with van der Waals surface area (Å²) in [5.74, 6) is 6.54. The summed E-state index contributed by atoms with van der Waals surface area (Å²) in [6, 6.07) is 0. The van der Waals surface area contributed by atoms with Crippen LogP contribution in [-0.4, -0.2) is 51.7 Å². The number of aliphatic hydroxyl groups is 1. The lowest BCUT2D eigenvalue weighted by Gasteiger charge is -2.39. The quantitative estimate of drug-likeness (QED) is 0.142. The summed E-state index contributed by atoms with van der Waals surface area (Å²) >= 11 is 0. The fourth-order valence-electron chi connectivity index (χ4n) is 8.13. The molecule has 246 valence electrons. The molecule has 2 saturated heterocycles. The van der Waals surface area contributed by atoms with Crippen LogP contribution in [0.2, 0.25) is 0 Å². The molecule has 46 heavy (non-hydrogen) atoms. The highest BCUT2D eigenvalue weighted by atomic mass is 16.6. The highest BCUT2D eigenvalue weighted by Gasteiger charge is 2.76. The highest BCUT2D eigenvalue weighted by Crippen LogP contribution is 2.66. The molecular formula is C39H48O7. The Bertz CT molecular complexity index is 1590. The monoisotopic (exact) mass is 628 g/mol. The van der Waals surface area contributed by atoms with Gasteiger partial charge in [0.25, 0.3) is 0 Å². The maximum Gasteiger partial charge on any atom is 0.343 e. The van der Waals surface area contributed by atoms with Gasteiger partial charge in [-0.3, -0.25) is 4.79 Å². The van der Waals surface area contributed by atoms with Crippen LogP contribution in [0.5, 0.6) is 0 Å². The van der Waals surface area contributed by atoms with Crippen LogP contribution in [-0.2, 0) is 28.5 Å². The Kier molecular flexibility index (Phi) is 8.60. The van der Waals surface area contributed by atoms with Crippen LogP contribution < -0.4 is 0 Å². The van der Waals surface area contributed by atoms with E-state index in [4.69, 9.17) is 18.9 Å². The van der Waals surface area contributed by atoms with E-state index in [1.165, 1.54) is 6.92 Å². The van der Waals surface area contributed by atoms with Crippen molar-refractivity contribution < 1.29 is 33.6 Å². The summed E-state index contributed by atoms with van der Waals surface area (Å²) in [5.41, 5.74) is -0.0559. The van der Waals surface area contributed by atoms with Gasteiger partial charge in [0.1, 0.15) is 28.7 Å². The second kappa shape index (κ2) is 11.7. The molecule has 0 unspecified atom stereocenters. The SMILES string of the molecule is CC(=O)O[C@H]1CC(C)(C)[C@]2(C#C/C(C)=C/C=C/C=C/C=C(C)/C=C3C=C(/C=C/[C@@]45O[C@]4(C)C[C@@H](O)CC5(C)C)C(=O)O/3)O[C@]2(C)C1. The van der Waals surface area contributed by atoms with Crippen LogP contribution in [0.1, 0.15) is 88.0 Å². The van der Waals surface area contributed by atoms with Crippen LogP contribution in [0.4, 0.5) is 0 Å². The third-order valence-electron chi connectivity index (χ3n) is 10.3. The summed E-state index contributed by atoms with van der Waals surface area (Å²) in [6.07, 6.45) is 21.1. The van der Waals surface area contributed by atoms with Gasteiger partial charge in [0, 0.05) is 30.6 Å². The summed E-state index contributed by atoms with van der Waals surface area (Å²) in [7, 11) is 0. The zero-order valence-corrected chi connectivity index (χ0v) is 28.7. The Hall–Kier alpha value is -3.44. The lowest BCUT2D eigenvalue weighted by molar-refractivity contribution is -0.149. The molecule has 7 nitrogen and oxygen atoms in total. The van der Waals surface area contributed by atoms with Crippen molar-refractivity contribution in [3.8, 4) is 11.8 Å². The number of esters is 2. The molecule has 0 spiro atoms. The first-order valence-corrected chi connectivity index (χ1v) is 16.2. The minimum atomic E-state index is -0.546. The molecule has 1 N–H and O–H groups in total. The normalized spacial score (nSPS) is 38.7. The summed E-state index contributed by atoms with van der Waals surface area (Å²) in [5, 5.41) is 10.3. The van der Waals surface area contributed by atoms with Gasteiger partial charge < -0.3 is 24.1 Å². The molecule has 6 atom stereocenters. The van der Waals surface area contributed by atoms with Crippen LogP contribution >= 0.6 is 0 Å².